The molecule has 2 aliphatic heterocycles. The molecule has 2 fully saturated rings. The number of hydrogen-bond acceptors (Lipinski definition) is 7. The number of carbonyl (C=O) groups is 1. The number of aromatic amines is 1. The standard InChI is InChI=1S/C25H31ClN8O/c1-3-21(35)34-10-4-5-18(16-34)28-24-22-20(26)15-27-23(22)30-25(31-24)29-17-6-8-19(9-7-17)33-13-11-32(2)12-14-33/h3,6-9,15,18H,1,4-5,10-14,16H2,2H3,(H3,27,28,29,30,31)/t18-/m1/s1. The van der Waals surface area contributed by atoms with E-state index in [0.717, 1.165) is 56.6 Å². The van der Waals surface area contributed by atoms with Crippen LogP contribution >= 0.6 is 11.6 Å². The number of fused-ring (bicyclic) bond motifs is 1. The molecule has 2 saturated heterocycles. The van der Waals surface area contributed by atoms with Gasteiger partial charge in [-0.2, -0.15) is 9.97 Å². The van der Waals surface area contributed by atoms with Crippen molar-refractivity contribution in [3.63, 3.8) is 0 Å². The van der Waals surface area contributed by atoms with E-state index < -0.39 is 0 Å². The average molecular weight is 495 g/mol. The molecule has 0 radical (unpaired) electrons. The number of rotatable bonds is 6. The molecule has 0 unspecified atom stereocenters. The lowest BCUT2D eigenvalue weighted by Crippen LogP contribution is -2.44. The van der Waals surface area contributed by atoms with E-state index in [9.17, 15) is 4.79 Å². The second-order valence-electron chi connectivity index (χ2n) is 9.19. The lowest BCUT2D eigenvalue weighted by Gasteiger charge is -2.34. The molecule has 0 bridgehead atoms. The number of piperidine rings is 1. The van der Waals surface area contributed by atoms with E-state index in [-0.39, 0.29) is 11.9 Å². The first-order valence-corrected chi connectivity index (χ1v) is 12.4. The van der Waals surface area contributed by atoms with Crippen LogP contribution in [0.4, 0.5) is 23.1 Å². The molecule has 184 valence electrons. The second-order valence-corrected chi connectivity index (χ2v) is 9.60. The highest BCUT2D eigenvalue weighted by Gasteiger charge is 2.24. The Kier molecular flexibility index (Phi) is 6.79. The number of likely N-dealkylation sites (N-methyl/N-ethyl adjacent to an activating group) is 1. The summed E-state index contributed by atoms with van der Waals surface area (Å²) in [4.78, 5) is 31.2. The number of nitrogens with one attached hydrogen (secondary N) is 3. The van der Waals surface area contributed by atoms with Crippen LogP contribution in [0, 0.1) is 0 Å². The Balaban J connectivity index is 1.34. The molecular formula is C25H31ClN8O. The molecule has 10 heteroatoms. The molecule has 2 aromatic heterocycles. The summed E-state index contributed by atoms with van der Waals surface area (Å²) in [5.41, 5.74) is 2.78. The van der Waals surface area contributed by atoms with Crippen LogP contribution in [0.2, 0.25) is 5.02 Å². The summed E-state index contributed by atoms with van der Waals surface area (Å²) < 4.78 is 0. The molecule has 4 heterocycles. The largest absolute Gasteiger partial charge is 0.369 e. The Hall–Kier alpha value is -3.30. The van der Waals surface area contributed by atoms with Crippen molar-refractivity contribution in [2.24, 2.45) is 0 Å². The summed E-state index contributed by atoms with van der Waals surface area (Å²) in [7, 11) is 2.16. The van der Waals surface area contributed by atoms with Gasteiger partial charge >= 0.3 is 0 Å². The Morgan fingerprint density at radius 1 is 1.17 bits per heavy atom. The van der Waals surface area contributed by atoms with E-state index in [2.05, 4.69) is 68.3 Å². The number of halogens is 1. The molecule has 2 aliphatic rings. The molecule has 0 aliphatic carbocycles. The smallest absolute Gasteiger partial charge is 0.246 e. The van der Waals surface area contributed by atoms with Gasteiger partial charge in [0.25, 0.3) is 0 Å². The highest BCUT2D eigenvalue weighted by atomic mass is 35.5. The minimum Gasteiger partial charge on any atom is -0.369 e. The monoisotopic (exact) mass is 494 g/mol. The zero-order valence-corrected chi connectivity index (χ0v) is 20.7. The third kappa shape index (κ3) is 5.21. The fraction of sp³-hybridized carbons (Fsp3) is 0.400. The van der Waals surface area contributed by atoms with Gasteiger partial charge in [-0.25, -0.2) is 0 Å². The van der Waals surface area contributed by atoms with Gasteiger partial charge in [-0.05, 0) is 50.2 Å². The number of aromatic nitrogens is 3. The zero-order chi connectivity index (χ0) is 24.4. The van der Waals surface area contributed by atoms with E-state index in [1.807, 2.05) is 4.90 Å². The molecule has 1 amide bonds. The predicted octanol–water partition coefficient (Wildman–Crippen LogP) is 3.70. The summed E-state index contributed by atoms with van der Waals surface area (Å²) in [6.07, 6.45) is 4.93. The second kappa shape index (κ2) is 10.1. The number of nitrogens with zero attached hydrogens (tertiary/aromatic N) is 5. The number of benzene rings is 1. The van der Waals surface area contributed by atoms with E-state index in [4.69, 9.17) is 16.6 Å². The van der Waals surface area contributed by atoms with Crippen LogP contribution in [0.25, 0.3) is 11.0 Å². The van der Waals surface area contributed by atoms with Gasteiger partial charge in [0.1, 0.15) is 11.5 Å². The molecule has 5 rings (SSSR count). The molecule has 1 aromatic carbocycles. The van der Waals surface area contributed by atoms with Crippen molar-refractivity contribution in [1.29, 1.82) is 0 Å². The number of piperazine rings is 1. The summed E-state index contributed by atoms with van der Waals surface area (Å²) in [5.74, 6) is 1.07. The molecule has 0 saturated carbocycles. The van der Waals surface area contributed by atoms with Gasteiger partial charge in [0, 0.05) is 62.9 Å². The van der Waals surface area contributed by atoms with Gasteiger partial charge in [0.2, 0.25) is 11.9 Å². The van der Waals surface area contributed by atoms with Gasteiger partial charge in [0.15, 0.2) is 0 Å². The first-order chi connectivity index (χ1) is 17.0. The summed E-state index contributed by atoms with van der Waals surface area (Å²) in [6.45, 7) is 9.15. The van der Waals surface area contributed by atoms with Gasteiger partial charge in [-0.3, -0.25) is 4.79 Å². The van der Waals surface area contributed by atoms with Gasteiger partial charge in [-0.15, -0.1) is 0 Å². The van der Waals surface area contributed by atoms with Crippen molar-refractivity contribution in [3.8, 4) is 0 Å². The van der Waals surface area contributed by atoms with Crippen molar-refractivity contribution in [2.75, 3.05) is 61.8 Å². The maximum absolute atomic E-state index is 12.1. The number of amides is 1. The number of anilines is 4. The van der Waals surface area contributed by atoms with Crippen LogP contribution in [-0.2, 0) is 4.79 Å². The van der Waals surface area contributed by atoms with Crippen molar-refractivity contribution < 1.29 is 4.79 Å². The van der Waals surface area contributed by atoms with Crippen LogP contribution in [0.5, 0.6) is 0 Å². The fourth-order valence-electron chi connectivity index (χ4n) is 4.72. The van der Waals surface area contributed by atoms with Crippen molar-refractivity contribution in [2.45, 2.75) is 18.9 Å². The Morgan fingerprint density at radius 2 is 1.94 bits per heavy atom. The third-order valence-electron chi connectivity index (χ3n) is 6.72. The number of hydrogen-bond donors (Lipinski definition) is 3. The van der Waals surface area contributed by atoms with Crippen LogP contribution in [0.3, 0.4) is 0 Å². The van der Waals surface area contributed by atoms with Crippen LogP contribution in [0.1, 0.15) is 12.8 Å². The minimum atomic E-state index is -0.0496. The zero-order valence-electron chi connectivity index (χ0n) is 19.9. The highest BCUT2D eigenvalue weighted by molar-refractivity contribution is 6.36. The molecule has 0 spiro atoms. The Morgan fingerprint density at radius 3 is 2.69 bits per heavy atom. The van der Waals surface area contributed by atoms with Crippen molar-refractivity contribution >= 4 is 51.7 Å². The SMILES string of the molecule is C=CC(=O)N1CCC[C@@H](Nc2nc(Nc3ccc(N4CCN(C)CC4)cc3)nc3[nH]cc(Cl)c23)C1. The highest BCUT2D eigenvalue weighted by Crippen LogP contribution is 2.31. The lowest BCUT2D eigenvalue weighted by atomic mass is 10.1. The number of likely N-dealkylation sites (tertiary alicyclic amines) is 1. The molecular weight excluding hydrogens is 464 g/mol. The van der Waals surface area contributed by atoms with Crippen molar-refractivity contribution in [1.82, 2.24) is 24.8 Å². The third-order valence-corrected chi connectivity index (χ3v) is 7.02. The molecule has 35 heavy (non-hydrogen) atoms. The Labute approximate surface area is 210 Å². The van der Waals surface area contributed by atoms with Crippen LogP contribution in [0.15, 0.2) is 43.1 Å². The average Bonchev–Trinajstić information content (AvgIpc) is 3.25. The maximum atomic E-state index is 12.1. The normalized spacial score (nSPS) is 19.1. The predicted molar refractivity (Wildman–Crippen MR) is 142 cm³/mol. The van der Waals surface area contributed by atoms with Crippen LogP contribution < -0.4 is 15.5 Å². The van der Waals surface area contributed by atoms with Gasteiger partial charge < -0.3 is 30.3 Å². The van der Waals surface area contributed by atoms with Crippen molar-refractivity contribution in [3.05, 3.63) is 48.1 Å². The molecule has 9 nitrogen and oxygen atoms in total. The summed E-state index contributed by atoms with van der Waals surface area (Å²) in [6, 6.07) is 8.42. The van der Waals surface area contributed by atoms with E-state index in [1.54, 1.807) is 6.20 Å². The number of H-pyrrole nitrogens is 1. The minimum absolute atomic E-state index is 0.0496. The first kappa shape index (κ1) is 23.4. The van der Waals surface area contributed by atoms with E-state index in [0.29, 0.717) is 29.0 Å². The lowest BCUT2D eigenvalue weighted by molar-refractivity contribution is -0.127. The van der Waals surface area contributed by atoms with E-state index >= 15 is 0 Å². The van der Waals surface area contributed by atoms with Gasteiger partial charge in [0.05, 0.1) is 10.4 Å². The maximum Gasteiger partial charge on any atom is 0.246 e. The van der Waals surface area contributed by atoms with E-state index in [1.165, 1.54) is 11.8 Å². The first-order valence-electron chi connectivity index (χ1n) is 12.0. The van der Waals surface area contributed by atoms with Gasteiger partial charge in [-0.1, -0.05) is 18.2 Å². The molecule has 3 aromatic rings. The summed E-state index contributed by atoms with van der Waals surface area (Å²) in [5, 5.41) is 8.13. The number of carbonyl (C=O) groups excluding carboxylic acids is 1. The molecule has 1 atom stereocenters. The quantitative estimate of drug-likeness (QED) is 0.450. The fourth-order valence-corrected chi connectivity index (χ4v) is 4.96. The Bertz CT molecular complexity index is 1200. The summed E-state index contributed by atoms with van der Waals surface area (Å²) >= 11 is 6.45. The topological polar surface area (TPSA) is 92.4 Å². The van der Waals surface area contributed by atoms with Crippen LogP contribution in [-0.4, -0.2) is 83.0 Å². The molecule has 3 N–H and O–H groups in total.